The summed E-state index contributed by atoms with van der Waals surface area (Å²) >= 11 is 0. The zero-order chi connectivity index (χ0) is 21.2. The van der Waals surface area contributed by atoms with Gasteiger partial charge in [0, 0.05) is 45.5 Å². The van der Waals surface area contributed by atoms with Crippen LogP contribution in [0.15, 0.2) is 47.6 Å². The van der Waals surface area contributed by atoms with Crippen molar-refractivity contribution in [3.05, 3.63) is 53.7 Å². The Bertz CT molecular complexity index is 823. The fraction of sp³-hybridized carbons (Fsp3) is 0.478. The lowest BCUT2D eigenvalue weighted by molar-refractivity contribution is 0.312. The number of likely N-dealkylation sites (N-methyl/N-ethyl adjacent to an activating group) is 1. The number of hydrogen-bond acceptors (Lipinski definition) is 5. The number of nitrogens with zero attached hydrogens (tertiary/aromatic N) is 4. The molecule has 31 heavy (non-hydrogen) atoms. The van der Waals surface area contributed by atoms with E-state index in [1.165, 1.54) is 11.1 Å². The summed E-state index contributed by atoms with van der Waals surface area (Å²) in [5.41, 5.74) is 2.36. The van der Waals surface area contributed by atoms with Crippen molar-refractivity contribution >= 4 is 35.8 Å². The number of benzene rings is 1. The van der Waals surface area contributed by atoms with E-state index in [2.05, 4.69) is 51.5 Å². The molecule has 0 spiro atoms. The highest BCUT2D eigenvalue weighted by Gasteiger charge is 2.15. The number of pyridine rings is 1. The molecule has 3 rings (SSSR count). The van der Waals surface area contributed by atoms with Gasteiger partial charge in [0.05, 0.1) is 13.7 Å². The molecule has 170 valence electrons. The maximum absolute atomic E-state index is 5.44. The van der Waals surface area contributed by atoms with Crippen LogP contribution in [0.25, 0.3) is 0 Å². The summed E-state index contributed by atoms with van der Waals surface area (Å²) < 4.78 is 5.44. The molecule has 1 aromatic heterocycles. The van der Waals surface area contributed by atoms with E-state index in [4.69, 9.17) is 9.73 Å². The van der Waals surface area contributed by atoms with E-state index in [9.17, 15) is 0 Å². The second-order valence-corrected chi connectivity index (χ2v) is 7.50. The number of rotatable bonds is 8. The van der Waals surface area contributed by atoms with Crippen LogP contribution in [0.3, 0.4) is 0 Å². The van der Waals surface area contributed by atoms with Gasteiger partial charge >= 0.3 is 0 Å². The van der Waals surface area contributed by atoms with Crippen molar-refractivity contribution in [2.75, 3.05) is 58.3 Å². The van der Waals surface area contributed by atoms with Crippen molar-refractivity contribution in [2.24, 2.45) is 4.99 Å². The van der Waals surface area contributed by atoms with E-state index in [0.717, 1.165) is 63.2 Å². The largest absolute Gasteiger partial charge is 0.496 e. The number of aliphatic imine (C=N–C) groups is 1. The molecule has 1 aromatic carbocycles. The Hall–Kier alpha value is -2.07. The van der Waals surface area contributed by atoms with Gasteiger partial charge in [-0.15, -0.1) is 24.0 Å². The Kier molecular flexibility index (Phi) is 10.9. The molecule has 0 bridgehead atoms. The molecule has 1 fully saturated rings. The number of halogens is 1. The number of ether oxygens (including phenoxy) is 1. The average Bonchev–Trinajstić information content (AvgIpc) is 2.78. The Morgan fingerprint density at radius 1 is 1.13 bits per heavy atom. The molecular formula is C23H35IN6O. The number of para-hydroxylation sites is 1. The summed E-state index contributed by atoms with van der Waals surface area (Å²) in [6.45, 7) is 8.49. The van der Waals surface area contributed by atoms with E-state index >= 15 is 0 Å². The zero-order valence-electron chi connectivity index (χ0n) is 18.8. The first-order chi connectivity index (χ1) is 14.7. The lowest BCUT2D eigenvalue weighted by atomic mass is 10.1. The molecule has 0 radical (unpaired) electrons. The van der Waals surface area contributed by atoms with Crippen LogP contribution in [-0.2, 0) is 13.0 Å². The summed E-state index contributed by atoms with van der Waals surface area (Å²) in [6.07, 6.45) is 2.76. The van der Waals surface area contributed by atoms with E-state index in [0.29, 0.717) is 6.54 Å². The van der Waals surface area contributed by atoms with Gasteiger partial charge in [0.1, 0.15) is 11.6 Å². The Morgan fingerprint density at radius 3 is 2.65 bits per heavy atom. The molecule has 0 atom stereocenters. The van der Waals surface area contributed by atoms with Gasteiger partial charge in [-0.1, -0.05) is 18.2 Å². The molecule has 1 saturated heterocycles. The third-order valence-electron chi connectivity index (χ3n) is 5.28. The molecule has 0 amide bonds. The Labute approximate surface area is 203 Å². The predicted molar refractivity (Wildman–Crippen MR) is 139 cm³/mol. The minimum Gasteiger partial charge on any atom is -0.496 e. The summed E-state index contributed by atoms with van der Waals surface area (Å²) in [5.74, 6) is 2.80. The topological polar surface area (TPSA) is 65.0 Å². The molecule has 8 heteroatoms. The highest BCUT2D eigenvalue weighted by molar-refractivity contribution is 14.0. The van der Waals surface area contributed by atoms with Crippen molar-refractivity contribution in [2.45, 2.75) is 19.9 Å². The third-order valence-corrected chi connectivity index (χ3v) is 5.28. The number of guanidine groups is 1. The molecule has 2 N–H and O–H groups in total. The van der Waals surface area contributed by atoms with Gasteiger partial charge in [-0.3, -0.25) is 0 Å². The molecule has 0 unspecified atom stereocenters. The van der Waals surface area contributed by atoms with E-state index in [1.54, 1.807) is 7.11 Å². The van der Waals surface area contributed by atoms with E-state index in [1.807, 2.05) is 30.5 Å². The average molecular weight is 538 g/mol. The van der Waals surface area contributed by atoms with E-state index < -0.39 is 0 Å². The highest BCUT2D eigenvalue weighted by Crippen LogP contribution is 2.17. The predicted octanol–water partition coefficient (Wildman–Crippen LogP) is 2.76. The van der Waals surface area contributed by atoms with Gasteiger partial charge in [-0.25, -0.2) is 9.98 Å². The number of methoxy groups -OCH3 is 1. The van der Waals surface area contributed by atoms with Crippen molar-refractivity contribution < 1.29 is 4.74 Å². The SMILES string of the molecule is CCNC(=NCc1ccnc(N2CCN(C)CC2)c1)NCCc1ccccc1OC.I. The number of piperazine rings is 1. The van der Waals surface area contributed by atoms with Crippen molar-refractivity contribution in [1.29, 1.82) is 0 Å². The molecule has 1 aliphatic rings. The fourth-order valence-electron chi connectivity index (χ4n) is 3.50. The number of nitrogens with one attached hydrogen (secondary N) is 2. The number of aromatic nitrogens is 1. The summed E-state index contributed by atoms with van der Waals surface area (Å²) in [7, 11) is 3.88. The Morgan fingerprint density at radius 2 is 1.90 bits per heavy atom. The van der Waals surface area contributed by atoms with Crippen LogP contribution < -0.4 is 20.3 Å². The van der Waals surface area contributed by atoms with Crippen LogP contribution in [0, 0.1) is 0 Å². The zero-order valence-corrected chi connectivity index (χ0v) is 21.1. The second-order valence-electron chi connectivity index (χ2n) is 7.50. The lowest BCUT2D eigenvalue weighted by Crippen LogP contribution is -2.44. The van der Waals surface area contributed by atoms with Crippen LogP contribution in [-0.4, -0.2) is 69.3 Å². The van der Waals surface area contributed by atoms with Crippen LogP contribution >= 0.6 is 24.0 Å². The first-order valence-corrected chi connectivity index (χ1v) is 10.7. The van der Waals surface area contributed by atoms with Crippen LogP contribution in [0.4, 0.5) is 5.82 Å². The van der Waals surface area contributed by atoms with Crippen LogP contribution in [0.2, 0.25) is 0 Å². The molecular weight excluding hydrogens is 503 g/mol. The first kappa shape index (κ1) is 25.2. The van der Waals surface area contributed by atoms with Crippen molar-refractivity contribution in [3.63, 3.8) is 0 Å². The number of hydrogen-bond donors (Lipinski definition) is 2. The van der Waals surface area contributed by atoms with Crippen LogP contribution in [0.5, 0.6) is 5.75 Å². The van der Waals surface area contributed by atoms with Crippen LogP contribution in [0.1, 0.15) is 18.1 Å². The molecule has 2 heterocycles. The number of anilines is 1. The maximum atomic E-state index is 5.44. The van der Waals surface area contributed by atoms with E-state index in [-0.39, 0.29) is 24.0 Å². The van der Waals surface area contributed by atoms with Gasteiger partial charge in [-0.2, -0.15) is 0 Å². The summed E-state index contributed by atoms with van der Waals surface area (Å²) in [6, 6.07) is 12.3. The molecule has 0 saturated carbocycles. The summed E-state index contributed by atoms with van der Waals surface area (Å²) in [5, 5.41) is 6.75. The van der Waals surface area contributed by atoms with Crippen molar-refractivity contribution in [1.82, 2.24) is 20.5 Å². The van der Waals surface area contributed by atoms with Gasteiger partial charge in [0.2, 0.25) is 0 Å². The van der Waals surface area contributed by atoms with Gasteiger partial charge in [0.15, 0.2) is 5.96 Å². The lowest BCUT2D eigenvalue weighted by Gasteiger charge is -2.33. The molecule has 1 aliphatic heterocycles. The van der Waals surface area contributed by atoms with Gasteiger partial charge < -0.3 is 25.2 Å². The minimum atomic E-state index is 0. The minimum absolute atomic E-state index is 0. The molecule has 0 aliphatic carbocycles. The normalized spacial score (nSPS) is 14.7. The molecule has 7 nitrogen and oxygen atoms in total. The molecule has 2 aromatic rings. The standard InChI is InChI=1S/C23H34N6O.HI/c1-4-24-23(26-12-10-20-7-5-6-8-21(20)30-3)27-18-19-9-11-25-22(17-19)29-15-13-28(2)14-16-29;/h5-9,11,17H,4,10,12-16,18H2,1-3H3,(H2,24,26,27);1H. The second kappa shape index (κ2) is 13.4. The first-order valence-electron chi connectivity index (χ1n) is 10.7. The van der Waals surface area contributed by atoms with Gasteiger partial charge in [0.25, 0.3) is 0 Å². The highest BCUT2D eigenvalue weighted by atomic mass is 127. The quantitative estimate of drug-likeness (QED) is 0.306. The smallest absolute Gasteiger partial charge is 0.191 e. The Balaban J connectivity index is 0.00000341. The fourth-order valence-corrected chi connectivity index (χ4v) is 3.50. The van der Waals surface area contributed by atoms with Gasteiger partial charge in [-0.05, 0) is 49.7 Å². The maximum Gasteiger partial charge on any atom is 0.191 e. The van der Waals surface area contributed by atoms with Crippen molar-refractivity contribution in [3.8, 4) is 5.75 Å². The monoisotopic (exact) mass is 538 g/mol. The third kappa shape index (κ3) is 7.84. The summed E-state index contributed by atoms with van der Waals surface area (Å²) in [4.78, 5) is 14.0.